The highest BCUT2D eigenvalue weighted by atomic mass is 35.5. The van der Waals surface area contributed by atoms with E-state index < -0.39 is 0 Å². The molecule has 4 heteroatoms. The standard InChI is InChI=1S/C13H14ClN3/c1-10-5-3-4-6-12(10)17(2)9-11-7-8-13(14)16-15-11/h3-8H,9H2,1-2H3. The molecule has 1 heterocycles. The summed E-state index contributed by atoms with van der Waals surface area (Å²) < 4.78 is 0. The zero-order valence-corrected chi connectivity index (χ0v) is 10.6. The molecule has 1 aromatic carbocycles. The maximum absolute atomic E-state index is 5.70. The van der Waals surface area contributed by atoms with E-state index in [1.54, 1.807) is 6.07 Å². The Morgan fingerprint density at radius 1 is 1.12 bits per heavy atom. The van der Waals surface area contributed by atoms with Crippen molar-refractivity contribution in [2.24, 2.45) is 0 Å². The van der Waals surface area contributed by atoms with Crippen LogP contribution in [-0.2, 0) is 6.54 Å². The first-order chi connectivity index (χ1) is 8.16. The smallest absolute Gasteiger partial charge is 0.151 e. The van der Waals surface area contributed by atoms with E-state index in [4.69, 9.17) is 11.6 Å². The number of hydrogen-bond donors (Lipinski definition) is 0. The minimum Gasteiger partial charge on any atom is -0.368 e. The second-order valence-corrected chi connectivity index (χ2v) is 4.38. The first-order valence-electron chi connectivity index (χ1n) is 5.41. The van der Waals surface area contributed by atoms with E-state index in [0.717, 1.165) is 12.2 Å². The van der Waals surface area contributed by atoms with Gasteiger partial charge in [0.05, 0.1) is 12.2 Å². The molecule has 2 aromatic rings. The van der Waals surface area contributed by atoms with Crippen LogP contribution < -0.4 is 4.90 Å². The van der Waals surface area contributed by atoms with Crippen LogP contribution in [0.1, 0.15) is 11.3 Å². The zero-order chi connectivity index (χ0) is 12.3. The number of aromatic nitrogens is 2. The Labute approximate surface area is 106 Å². The molecule has 0 atom stereocenters. The van der Waals surface area contributed by atoms with Crippen LogP contribution in [-0.4, -0.2) is 17.2 Å². The van der Waals surface area contributed by atoms with Gasteiger partial charge >= 0.3 is 0 Å². The lowest BCUT2D eigenvalue weighted by atomic mass is 10.2. The molecule has 17 heavy (non-hydrogen) atoms. The van der Waals surface area contributed by atoms with Gasteiger partial charge in [0.2, 0.25) is 0 Å². The van der Waals surface area contributed by atoms with E-state index in [1.807, 2.05) is 25.2 Å². The lowest BCUT2D eigenvalue weighted by Crippen LogP contribution is -2.18. The summed E-state index contributed by atoms with van der Waals surface area (Å²) in [6, 6.07) is 11.9. The van der Waals surface area contributed by atoms with Gasteiger partial charge in [0.1, 0.15) is 0 Å². The fourth-order valence-corrected chi connectivity index (χ4v) is 1.85. The van der Waals surface area contributed by atoms with Crippen LogP contribution in [0.3, 0.4) is 0 Å². The molecular weight excluding hydrogens is 234 g/mol. The summed E-state index contributed by atoms with van der Waals surface area (Å²) in [4.78, 5) is 2.15. The summed E-state index contributed by atoms with van der Waals surface area (Å²) in [5.41, 5.74) is 3.35. The van der Waals surface area contributed by atoms with Crippen LogP contribution in [0.15, 0.2) is 36.4 Å². The van der Waals surface area contributed by atoms with Gasteiger partial charge in [0, 0.05) is 12.7 Å². The maximum atomic E-state index is 5.70. The van der Waals surface area contributed by atoms with Gasteiger partial charge in [-0.25, -0.2) is 0 Å². The highest BCUT2D eigenvalue weighted by Crippen LogP contribution is 2.19. The number of rotatable bonds is 3. The number of benzene rings is 1. The molecule has 0 spiro atoms. The molecule has 0 saturated carbocycles. The Morgan fingerprint density at radius 3 is 2.53 bits per heavy atom. The number of aryl methyl sites for hydroxylation is 1. The Balaban J connectivity index is 2.14. The van der Waals surface area contributed by atoms with Crippen LogP contribution in [0.5, 0.6) is 0 Å². The van der Waals surface area contributed by atoms with Crippen LogP contribution in [0, 0.1) is 6.92 Å². The van der Waals surface area contributed by atoms with Gasteiger partial charge < -0.3 is 4.90 Å². The summed E-state index contributed by atoms with van der Waals surface area (Å²) >= 11 is 5.70. The lowest BCUT2D eigenvalue weighted by molar-refractivity contribution is 0.839. The van der Waals surface area contributed by atoms with Gasteiger partial charge in [0.25, 0.3) is 0 Å². The van der Waals surface area contributed by atoms with Crippen molar-refractivity contribution >= 4 is 17.3 Å². The Hall–Kier alpha value is -1.61. The second-order valence-electron chi connectivity index (χ2n) is 3.99. The predicted molar refractivity (Wildman–Crippen MR) is 70.3 cm³/mol. The fourth-order valence-electron chi connectivity index (χ4n) is 1.75. The van der Waals surface area contributed by atoms with E-state index in [2.05, 4.69) is 34.2 Å². The van der Waals surface area contributed by atoms with E-state index in [9.17, 15) is 0 Å². The monoisotopic (exact) mass is 247 g/mol. The summed E-state index contributed by atoms with van der Waals surface area (Å²) in [5.74, 6) is 0. The molecule has 0 N–H and O–H groups in total. The third-order valence-electron chi connectivity index (χ3n) is 2.61. The summed E-state index contributed by atoms with van der Waals surface area (Å²) in [5, 5.41) is 8.31. The average molecular weight is 248 g/mol. The highest BCUT2D eigenvalue weighted by molar-refractivity contribution is 6.29. The molecule has 2 rings (SSSR count). The van der Waals surface area contributed by atoms with Crippen molar-refractivity contribution < 1.29 is 0 Å². The molecule has 0 fully saturated rings. The molecule has 0 bridgehead atoms. The number of hydrogen-bond acceptors (Lipinski definition) is 3. The van der Waals surface area contributed by atoms with Gasteiger partial charge in [-0.1, -0.05) is 29.8 Å². The first-order valence-corrected chi connectivity index (χ1v) is 5.79. The van der Waals surface area contributed by atoms with Crippen LogP contribution in [0.2, 0.25) is 5.15 Å². The lowest BCUT2D eigenvalue weighted by Gasteiger charge is -2.20. The molecule has 0 unspecified atom stereocenters. The largest absolute Gasteiger partial charge is 0.368 e. The minimum atomic E-state index is 0.423. The average Bonchev–Trinajstić information content (AvgIpc) is 2.32. The van der Waals surface area contributed by atoms with Crippen molar-refractivity contribution in [3.63, 3.8) is 0 Å². The SMILES string of the molecule is Cc1ccccc1N(C)Cc1ccc(Cl)nn1. The molecule has 0 radical (unpaired) electrons. The van der Waals surface area contributed by atoms with Crippen molar-refractivity contribution in [3.05, 3.63) is 52.8 Å². The molecular formula is C13H14ClN3. The quantitative estimate of drug-likeness (QED) is 0.835. The van der Waals surface area contributed by atoms with E-state index in [0.29, 0.717) is 5.15 Å². The minimum absolute atomic E-state index is 0.423. The number of para-hydroxylation sites is 1. The van der Waals surface area contributed by atoms with E-state index >= 15 is 0 Å². The van der Waals surface area contributed by atoms with Gasteiger partial charge in [-0.3, -0.25) is 0 Å². The van der Waals surface area contributed by atoms with Crippen LogP contribution in [0.25, 0.3) is 0 Å². The molecule has 0 aliphatic rings. The summed E-state index contributed by atoms with van der Waals surface area (Å²) in [7, 11) is 2.04. The third-order valence-corrected chi connectivity index (χ3v) is 2.81. The van der Waals surface area contributed by atoms with E-state index in [-0.39, 0.29) is 0 Å². The van der Waals surface area contributed by atoms with Crippen molar-refractivity contribution in [2.45, 2.75) is 13.5 Å². The van der Waals surface area contributed by atoms with Crippen LogP contribution in [0.4, 0.5) is 5.69 Å². The molecule has 0 aliphatic heterocycles. The molecule has 3 nitrogen and oxygen atoms in total. The predicted octanol–water partition coefficient (Wildman–Crippen LogP) is 3.07. The summed E-state index contributed by atoms with van der Waals surface area (Å²) in [6.07, 6.45) is 0. The number of halogens is 1. The maximum Gasteiger partial charge on any atom is 0.151 e. The van der Waals surface area contributed by atoms with Gasteiger partial charge in [-0.2, -0.15) is 5.10 Å². The van der Waals surface area contributed by atoms with E-state index in [1.165, 1.54) is 11.3 Å². The number of nitrogens with zero attached hydrogens (tertiary/aromatic N) is 3. The van der Waals surface area contributed by atoms with Crippen LogP contribution >= 0.6 is 11.6 Å². The molecule has 0 saturated heterocycles. The Bertz CT molecular complexity index is 496. The molecule has 0 aliphatic carbocycles. The molecule has 88 valence electrons. The van der Waals surface area contributed by atoms with Crippen molar-refractivity contribution in [1.82, 2.24) is 10.2 Å². The van der Waals surface area contributed by atoms with Gasteiger partial charge in [0.15, 0.2) is 5.15 Å². The van der Waals surface area contributed by atoms with Gasteiger partial charge in [-0.05, 0) is 30.7 Å². The fraction of sp³-hybridized carbons (Fsp3) is 0.231. The number of anilines is 1. The van der Waals surface area contributed by atoms with Crippen molar-refractivity contribution in [1.29, 1.82) is 0 Å². The highest BCUT2D eigenvalue weighted by Gasteiger charge is 2.05. The molecule has 0 amide bonds. The van der Waals surface area contributed by atoms with Crippen molar-refractivity contribution in [2.75, 3.05) is 11.9 Å². The normalized spacial score (nSPS) is 10.3. The first kappa shape index (κ1) is 11.9. The van der Waals surface area contributed by atoms with Crippen molar-refractivity contribution in [3.8, 4) is 0 Å². The third kappa shape index (κ3) is 2.94. The second kappa shape index (κ2) is 5.15. The Morgan fingerprint density at radius 2 is 1.88 bits per heavy atom. The van der Waals surface area contributed by atoms with Gasteiger partial charge in [-0.15, -0.1) is 5.10 Å². The Kier molecular flexibility index (Phi) is 3.59. The molecule has 1 aromatic heterocycles. The topological polar surface area (TPSA) is 29.0 Å². The zero-order valence-electron chi connectivity index (χ0n) is 9.89. The summed E-state index contributed by atoms with van der Waals surface area (Å²) in [6.45, 7) is 2.81.